The van der Waals surface area contributed by atoms with Crippen molar-refractivity contribution in [3.05, 3.63) is 21.6 Å². The number of aliphatic hydroxyl groups is 1. The van der Waals surface area contributed by atoms with E-state index in [0.717, 1.165) is 19.0 Å². The van der Waals surface area contributed by atoms with Gasteiger partial charge in [-0.15, -0.1) is 0 Å². The molecular weight excluding hydrogens is 260 g/mol. The fourth-order valence-corrected chi connectivity index (χ4v) is 1.95. The Balaban J connectivity index is 2.08. The fraction of sp³-hybridized carbons (Fsp3) is 0.600. The van der Waals surface area contributed by atoms with Crippen molar-refractivity contribution in [2.24, 2.45) is 5.41 Å². The van der Waals surface area contributed by atoms with Crippen molar-refractivity contribution in [2.75, 3.05) is 18.5 Å². The Kier molecular flexibility index (Phi) is 3.63. The summed E-state index contributed by atoms with van der Waals surface area (Å²) in [4.78, 5) is 17.7. The van der Waals surface area contributed by atoms with E-state index in [-0.39, 0.29) is 28.8 Å². The Morgan fingerprint density at radius 3 is 2.89 bits per heavy atom. The van der Waals surface area contributed by atoms with Crippen LogP contribution < -0.4 is 5.32 Å². The molecule has 0 spiro atoms. The molecule has 0 saturated heterocycles. The molecule has 2 rings (SSSR count). The van der Waals surface area contributed by atoms with Crippen molar-refractivity contribution in [1.29, 1.82) is 0 Å². The zero-order chi connectivity index (χ0) is 13.2. The maximum atomic E-state index is 10.8. The lowest BCUT2D eigenvalue weighted by Gasteiger charge is -2.14. The number of nitrogens with zero attached hydrogens (tertiary/aromatic N) is 3. The lowest BCUT2D eigenvalue weighted by Crippen LogP contribution is -2.18. The minimum Gasteiger partial charge on any atom is -0.396 e. The monoisotopic (exact) mass is 272 g/mol. The van der Waals surface area contributed by atoms with E-state index in [1.165, 1.54) is 0 Å². The summed E-state index contributed by atoms with van der Waals surface area (Å²) in [6.07, 6.45) is 3.79. The second-order valence-electron chi connectivity index (χ2n) is 4.46. The third-order valence-corrected chi connectivity index (χ3v) is 3.35. The van der Waals surface area contributed by atoms with Gasteiger partial charge >= 0.3 is 5.69 Å². The number of aromatic nitrogens is 2. The predicted molar refractivity (Wildman–Crippen MR) is 65.6 cm³/mol. The van der Waals surface area contributed by atoms with Gasteiger partial charge in [0.25, 0.3) is 0 Å². The Morgan fingerprint density at radius 2 is 2.33 bits per heavy atom. The van der Waals surface area contributed by atoms with Crippen LogP contribution in [0.5, 0.6) is 0 Å². The molecule has 0 aromatic carbocycles. The Hall–Kier alpha value is -1.47. The molecule has 1 aromatic rings. The smallest absolute Gasteiger partial charge is 0.329 e. The number of rotatable bonds is 6. The van der Waals surface area contributed by atoms with Gasteiger partial charge in [0, 0.05) is 13.2 Å². The van der Waals surface area contributed by atoms with Crippen LogP contribution in [0.25, 0.3) is 0 Å². The second kappa shape index (κ2) is 5.03. The molecule has 2 N–H and O–H groups in total. The zero-order valence-electron chi connectivity index (χ0n) is 9.60. The largest absolute Gasteiger partial charge is 0.396 e. The van der Waals surface area contributed by atoms with Crippen LogP contribution in [-0.4, -0.2) is 33.1 Å². The summed E-state index contributed by atoms with van der Waals surface area (Å²) >= 11 is 5.62. The van der Waals surface area contributed by atoms with Crippen molar-refractivity contribution in [1.82, 2.24) is 9.97 Å². The summed E-state index contributed by atoms with van der Waals surface area (Å²) in [6.45, 7) is 0.663. The van der Waals surface area contributed by atoms with Crippen LogP contribution in [0.3, 0.4) is 0 Å². The first-order chi connectivity index (χ1) is 8.56. The van der Waals surface area contributed by atoms with E-state index in [4.69, 9.17) is 16.7 Å². The summed E-state index contributed by atoms with van der Waals surface area (Å²) in [5.41, 5.74) is -0.153. The van der Waals surface area contributed by atoms with Crippen molar-refractivity contribution < 1.29 is 10.0 Å². The molecule has 0 amide bonds. The maximum Gasteiger partial charge on any atom is 0.329 e. The molecule has 1 heterocycles. The van der Waals surface area contributed by atoms with Crippen LogP contribution in [0.1, 0.15) is 19.3 Å². The second-order valence-corrected chi connectivity index (χ2v) is 4.80. The average molecular weight is 273 g/mol. The fourth-order valence-electron chi connectivity index (χ4n) is 1.82. The summed E-state index contributed by atoms with van der Waals surface area (Å²) < 4.78 is 0. The molecule has 0 radical (unpaired) electrons. The molecule has 1 aromatic heterocycles. The first-order valence-corrected chi connectivity index (χ1v) is 5.96. The molecule has 7 nitrogen and oxygen atoms in total. The van der Waals surface area contributed by atoms with Gasteiger partial charge in [-0.1, -0.05) is 0 Å². The number of aliphatic hydroxyl groups excluding tert-OH is 1. The normalized spacial score (nSPS) is 16.3. The van der Waals surface area contributed by atoms with Gasteiger partial charge in [0.2, 0.25) is 11.1 Å². The SMILES string of the molecule is O=[N+]([O-])c1cnc(Cl)nc1NCC1(CCO)CC1. The Labute approximate surface area is 108 Å². The van der Waals surface area contributed by atoms with E-state index in [1.807, 2.05) is 0 Å². The highest BCUT2D eigenvalue weighted by atomic mass is 35.5. The number of halogens is 1. The number of hydrogen-bond donors (Lipinski definition) is 2. The molecule has 1 fully saturated rings. The highest BCUT2D eigenvalue weighted by Crippen LogP contribution is 2.48. The van der Waals surface area contributed by atoms with Gasteiger partial charge < -0.3 is 10.4 Å². The third-order valence-electron chi connectivity index (χ3n) is 3.17. The van der Waals surface area contributed by atoms with Gasteiger partial charge in [0.15, 0.2) is 0 Å². The van der Waals surface area contributed by atoms with Gasteiger partial charge in [0.1, 0.15) is 6.20 Å². The van der Waals surface area contributed by atoms with Gasteiger partial charge in [-0.05, 0) is 36.3 Å². The Morgan fingerprint density at radius 1 is 1.61 bits per heavy atom. The molecule has 1 aliphatic carbocycles. The number of nitro groups is 1. The van der Waals surface area contributed by atoms with E-state index in [9.17, 15) is 10.1 Å². The first-order valence-electron chi connectivity index (χ1n) is 5.58. The minimum absolute atomic E-state index is 0.0323. The van der Waals surface area contributed by atoms with E-state index in [1.54, 1.807) is 0 Å². The van der Waals surface area contributed by atoms with E-state index >= 15 is 0 Å². The number of hydrogen-bond acceptors (Lipinski definition) is 6. The zero-order valence-corrected chi connectivity index (χ0v) is 10.4. The molecule has 0 unspecified atom stereocenters. The van der Waals surface area contributed by atoms with Gasteiger partial charge in [-0.3, -0.25) is 10.1 Å². The number of nitrogens with one attached hydrogen (secondary N) is 1. The molecule has 1 aliphatic rings. The highest BCUT2D eigenvalue weighted by molar-refractivity contribution is 6.28. The molecular formula is C10H13ClN4O3. The lowest BCUT2D eigenvalue weighted by molar-refractivity contribution is -0.384. The van der Waals surface area contributed by atoms with Crippen molar-refractivity contribution in [2.45, 2.75) is 19.3 Å². The van der Waals surface area contributed by atoms with Crippen molar-refractivity contribution >= 4 is 23.1 Å². The maximum absolute atomic E-state index is 10.8. The van der Waals surface area contributed by atoms with E-state index < -0.39 is 4.92 Å². The minimum atomic E-state index is -0.551. The van der Waals surface area contributed by atoms with E-state index in [2.05, 4.69) is 15.3 Å². The summed E-state index contributed by atoms with van der Waals surface area (Å²) in [6, 6.07) is 0. The third kappa shape index (κ3) is 2.85. The molecule has 0 bridgehead atoms. The van der Waals surface area contributed by atoms with Gasteiger partial charge in [0.05, 0.1) is 4.92 Å². The van der Waals surface area contributed by atoms with Crippen LogP contribution in [0.2, 0.25) is 5.28 Å². The van der Waals surface area contributed by atoms with Crippen LogP contribution in [0.15, 0.2) is 6.20 Å². The van der Waals surface area contributed by atoms with Crippen LogP contribution >= 0.6 is 11.6 Å². The number of anilines is 1. The highest BCUT2D eigenvalue weighted by Gasteiger charge is 2.42. The van der Waals surface area contributed by atoms with Crippen LogP contribution in [-0.2, 0) is 0 Å². The van der Waals surface area contributed by atoms with Gasteiger partial charge in [-0.25, -0.2) is 4.98 Å². The van der Waals surface area contributed by atoms with Crippen molar-refractivity contribution in [3.8, 4) is 0 Å². The molecule has 18 heavy (non-hydrogen) atoms. The molecule has 1 saturated carbocycles. The molecule has 98 valence electrons. The first kappa shape index (κ1) is 13.0. The topological polar surface area (TPSA) is 101 Å². The lowest BCUT2D eigenvalue weighted by atomic mass is 10.0. The van der Waals surface area contributed by atoms with Crippen LogP contribution in [0, 0.1) is 15.5 Å². The predicted octanol–water partition coefficient (Wildman–Crippen LogP) is 1.61. The van der Waals surface area contributed by atoms with Crippen LogP contribution in [0.4, 0.5) is 11.5 Å². The standard InChI is InChI=1S/C10H13ClN4O3/c11-9-12-5-7(15(17)18)8(14-9)13-6-10(1-2-10)3-4-16/h5,16H,1-4,6H2,(H,12,13,14). The Bertz CT molecular complexity index is 464. The average Bonchev–Trinajstić information content (AvgIpc) is 3.07. The van der Waals surface area contributed by atoms with Crippen molar-refractivity contribution in [3.63, 3.8) is 0 Å². The summed E-state index contributed by atoms with van der Waals surface area (Å²) in [5.74, 6) is 0.129. The summed E-state index contributed by atoms with van der Waals surface area (Å²) in [7, 11) is 0. The molecule has 0 atom stereocenters. The quantitative estimate of drug-likeness (QED) is 0.463. The van der Waals surface area contributed by atoms with Gasteiger partial charge in [-0.2, -0.15) is 4.98 Å². The molecule has 8 heteroatoms. The summed E-state index contributed by atoms with van der Waals surface area (Å²) in [5, 5.41) is 22.6. The van der Waals surface area contributed by atoms with E-state index in [0.29, 0.717) is 13.0 Å². The molecule has 0 aliphatic heterocycles.